The third-order valence-corrected chi connectivity index (χ3v) is 6.17. The number of halogens is 1. The van der Waals surface area contributed by atoms with E-state index in [4.69, 9.17) is 14.5 Å². The largest absolute Gasteiger partial charge is 0.385 e. The molecule has 3 heterocycles. The van der Waals surface area contributed by atoms with E-state index in [1.165, 1.54) is 18.4 Å². The molecule has 2 aliphatic heterocycles. The zero-order valence-corrected chi connectivity index (χ0v) is 21.7. The highest BCUT2D eigenvalue weighted by atomic mass is 127. The van der Waals surface area contributed by atoms with Gasteiger partial charge in [-0.15, -0.1) is 24.0 Å². The van der Waals surface area contributed by atoms with Crippen molar-refractivity contribution in [1.82, 2.24) is 15.2 Å². The average molecular weight is 546 g/mol. The number of aromatic nitrogens is 1. The molecule has 1 aromatic rings. The van der Waals surface area contributed by atoms with Crippen LogP contribution in [0.2, 0.25) is 0 Å². The Morgan fingerprint density at radius 2 is 1.87 bits per heavy atom. The molecule has 0 radical (unpaired) electrons. The number of rotatable bonds is 8. The lowest BCUT2D eigenvalue weighted by Gasteiger charge is -2.34. The topological polar surface area (TPSA) is 62.2 Å². The summed E-state index contributed by atoms with van der Waals surface area (Å²) in [5, 5.41) is 3.50. The lowest BCUT2D eigenvalue weighted by Crippen LogP contribution is -2.46. The Bertz CT molecular complexity index is 642. The van der Waals surface area contributed by atoms with Crippen molar-refractivity contribution in [1.29, 1.82) is 0 Å². The smallest absolute Gasteiger partial charge is 0.193 e. The van der Waals surface area contributed by atoms with Crippen molar-refractivity contribution in [2.45, 2.75) is 51.7 Å². The Hall–Kier alpha value is -1.13. The zero-order valence-electron chi connectivity index (χ0n) is 19.4. The molecule has 1 N–H and O–H groups in total. The van der Waals surface area contributed by atoms with Crippen LogP contribution < -0.4 is 10.2 Å². The maximum atomic E-state index is 5.96. The summed E-state index contributed by atoms with van der Waals surface area (Å²) in [6.45, 7) is 8.80. The summed E-state index contributed by atoms with van der Waals surface area (Å²) in [4.78, 5) is 13.9. The third-order valence-electron chi connectivity index (χ3n) is 6.17. The molecule has 2 aliphatic rings. The molecule has 31 heavy (non-hydrogen) atoms. The first-order chi connectivity index (χ1) is 14.7. The van der Waals surface area contributed by atoms with E-state index in [0.29, 0.717) is 6.10 Å². The fraction of sp³-hybridized carbons (Fsp3) is 0.739. The van der Waals surface area contributed by atoms with Crippen LogP contribution in [-0.2, 0) is 16.0 Å². The van der Waals surface area contributed by atoms with E-state index in [9.17, 15) is 0 Å². The second kappa shape index (κ2) is 14.1. The van der Waals surface area contributed by atoms with Crippen molar-refractivity contribution in [2.24, 2.45) is 10.9 Å². The van der Waals surface area contributed by atoms with Gasteiger partial charge >= 0.3 is 0 Å². The minimum atomic E-state index is 0. The van der Waals surface area contributed by atoms with Gasteiger partial charge in [0.15, 0.2) is 5.96 Å². The Morgan fingerprint density at radius 3 is 2.48 bits per heavy atom. The normalized spacial score (nSPS) is 18.7. The molecular weight excluding hydrogens is 505 g/mol. The van der Waals surface area contributed by atoms with Crippen molar-refractivity contribution in [3.8, 4) is 0 Å². The van der Waals surface area contributed by atoms with Crippen molar-refractivity contribution in [3.63, 3.8) is 0 Å². The number of hydrogen-bond donors (Lipinski definition) is 1. The van der Waals surface area contributed by atoms with Gasteiger partial charge in [0.25, 0.3) is 0 Å². The van der Waals surface area contributed by atoms with Crippen LogP contribution in [0.4, 0.5) is 5.82 Å². The number of nitrogens with one attached hydrogen (secondary N) is 1. The molecule has 176 valence electrons. The molecule has 0 amide bonds. The van der Waals surface area contributed by atoms with E-state index in [1.807, 2.05) is 13.2 Å². The number of likely N-dealkylation sites (tertiary alicyclic amines) is 1. The Labute approximate surface area is 205 Å². The lowest BCUT2D eigenvalue weighted by molar-refractivity contribution is 0.00989. The molecule has 7 nitrogen and oxygen atoms in total. The van der Waals surface area contributed by atoms with Crippen LogP contribution in [0.5, 0.6) is 0 Å². The predicted molar refractivity (Wildman–Crippen MR) is 138 cm³/mol. The van der Waals surface area contributed by atoms with Crippen molar-refractivity contribution >= 4 is 35.8 Å². The van der Waals surface area contributed by atoms with Gasteiger partial charge in [-0.05, 0) is 49.7 Å². The van der Waals surface area contributed by atoms with Crippen molar-refractivity contribution in [2.75, 3.05) is 58.5 Å². The standard InChI is InChI=1S/C23H39N5O2.HI/c1-19-7-11-27(12-8-19)22-6-5-20(17-25-22)18-26-23(24-2)28-13-9-21(10-14-28)30-16-4-15-29-3;/h5-6,17,19,21H,4,7-16,18H2,1-3H3,(H,24,26);1H. The molecule has 3 rings (SSSR count). The predicted octanol–water partition coefficient (Wildman–Crippen LogP) is 3.53. The number of nitrogens with zero attached hydrogens (tertiary/aromatic N) is 4. The van der Waals surface area contributed by atoms with Crippen LogP contribution in [0, 0.1) is 5.92 Å². The van der Waals surface area contributed by atoms with Gasteiger partial charge in [0.05, 0.1) is 6.10 Å². The van der Waals surface area contributed by atoms with E-state index >= 15 is 0 Å². The quantitative estimate of drug-likeness (QED) is 0.234. The number of anilines is 1. The molecule has 0 saturated carbocycles. The molecule has 0 atom stereocenters. The van der Waals surface area contributed by atoms with E-state index in [1.54, 1.807) is 7.11 Å². The second-order valence-corrected chi connectivity index (χ2v) is 8.50. The van der Waals surface area contributed by atoms with Crippen LogP contribution in [0.15, 0.2) is 23.3 Å². The molecule has 0 unspecified atom stereocenters. The van der Waals surface area contributed by atoms with Gasteiger partial charge in [0.1, 0.15) is 5.82 Å². The molecule has 1 aromatic heterocycles. The van der Waals surface area contributed by atoms with Gasteiger partial charge in [-0.3, -0.25) is 4.99 Å². The number of pyridine rings is 1. The van der Waals surface area contributed by atoms with E-state index in [0.717, 1.165) is 82.9 Å². The molecule has 8 heteroatoms. The summed E-state index contributed by atoms with van der Waals surface area (Å²) in [6, 6.07) is 4.34. The SMILES string of the molecule is CN=C(NCc1ccc(N2CCC(C)CC2)nc1)N1CCC(OCCCOC)CC1.I. The number of ether oxygens (including phenoxy) is 2. The van der Waals surface area contributed by atoms with Gasteiger partial charge < -0.3 is 24.6 Å². The van der Waals surface area contributed by atoms with Gasteiger partial charge in [-0.1, -0.05) is 13.0 Å². The molecule has 0 spiro atoms. The second-order valence-electron chi connectivity index (χ2n) is 8.50. The van der Waals surface area contributed by atoms with Crippen LogP contribution in [0.3, 0.4) is 0 Å². The molecule has 0 aromatic carbocycles. The van der Waals surface area contributed by atoms with Gasteiger partial charge in [0.2, 0.25) is 0 Å². The fourth-order valence-electron chi connectivity index (χ4n) is 4.15. The molecule has 2 fully saturated rings. The Morgan fingerprint density at radius 1 is 1.13 bits per heavy atom. The van der Waals surface area contributed by atoms with Gasteiger partial charge in [0, 0.05) is 66.3 Å². The minimum Gasteiger partial charge on any atom is -0.385 e. The first-order valence-electron chi connectivity index (χ1n) is 11.5. The maximum absolute atomic E-state index is 5.96. The number of methoxy groups -OCH3 is 1. The van der Waals surface area contributed by atoms with Crippen LogP contribution in [-0.4, -0.2) is 75.5 Å². The number of guanidine groups is 1. The number of aliphatic imine (C=N–C) groups is 1. The van der Waals surface area contributed by atoms with Crippen LogP contribution in [0.25, 0.3) is 0 Å². The Balaban J connectivity index is 0.00000341. The zero-order chi connectivity index (χ0) is 21.2. The van der Waals surface area contributed by atoms with E-state index < -0.39 is 0 Å². The third kappa shape index (κ3) is 8.38. The summed E-state index contributed by atoms with van der Waals surface area (Å²) in [6.07, 6.45) is 7.91. The highest BCUT2D eigenvalue weighted by molar-refractivity contribution is 14.0. The highest BCUT2D eigenvalue weighted by Crippen LogP contribution is 2.21. The Kier molecular flexibility index (Phi) is 11.9. The number of piperidine rings is 2. The summed E-state index contributed by atoms with van der Waals surface area (Å²) in [5.41, 5.74) is 1.18. The fourth-order valence-corrected chi connectivity index (χ4v) is 4.15. The molecule has 0 aliphatic carbocycles. The first kappa shape index (κ1) is 26.1. The highest BCUT2D eigenvalue weighted by Gasteiger charge is 2.22. The van der Waals surface area contributed by atoms with Crippen LogP contribution in [0.1, 0.15) is 44.6 Å². The lowest BCUT2D eigenvalue weighted by atomic mass is 9.99. The summed E-state index contributed by atoms with van der Waals surface area (Å²) in [7, 11) is 3.59. The number of hydrogen-bond acceptors (Lipinski definition) is 5. The maximum Gasteiger partial charge on any atom is 0.193 e. The van der Waals surface area contributed by atoms with Crippen LogP contribution >= 0.6 is 24.0 Å². The first-order valence-corrected chi connectivity index (χ1v) is 11.5. The minimum absolute atomic E-state index is 0. The van der Waals surface area contributed by atoms with Crippen molar-refractivity contribution in [3.05, 3.63) is 23.9 Å². The molecule has 2 saturated heterocycles. The van der Waals surface area contributed by atoms with Gasteiger partial charge in [-0.25, -0.2) is 4.98 Å². The van der Waals surface area contributed by atoms with Gasteiger partial charge in [-0.2, -0.15) is 0 Å². The average Bonchev–Trinajstić information content (AvgIpc) is 2.79. The van der Waals surface area contributed by atoms with E-state index in [2.05, 4.69) is 39.2 Å². The van der Waals surface area contributed by atoms with Crippen molar-refractivity contribution < 1.29 is 9.47 Å². The molecular formula is C23H40IN5O2. The van der Waals surface area contributed by atoms with E-state index in [-0.39, 0.29) is 24.0 Å². The molecule has 0 bridgehead atoms. The summed E-state index contributed by atoms with van der Waals surface area (Å²) in [5.74, 6) is 2.90. The summed E-state index contributed by atoms with van der Waals surface area (Å²) < 4.78 is 11.0. The summed E-state index contributed by atoms with van der Waals surface area (Å²) >= 11 is 0. The monoisotopic (exact) mass is 545 g/mol.